The van der Waals surface area contributed by atoms with Crippen LogP contribution in [0.15, 0.2) is 30.3 Å². The minimum absolute atomic E-state index is 0.127. The van der Waals surface area contributed by atoms with Crippen molar-refractivity contribution >= 4 is 11.9 Å². The zero-order chi connectivity index (χ0) is 23.7. The van der Waals surface area contributed by atoms with Gasteiger partial charge in [0.15, 0.2) is 11.5 Å². The Labute approximate surface area is 198 Å². The van der Waals surface area contributed by atoms with Crippen molar-refractivity contribution in [2.45, 2.75) is 37.9 Å². The molecular formula is C26H28O8. The normalized spacial score (nSPS) is 18.6. The van der Waals surface area contributed by atoms with Crippen molar-refractivity contribution in [3.63, 3.8) is 0 Å². The highest BCUT2D eigenvalue weighted by molar-refractivity contribution is 5.96. The lowest BCUT2D eigenvalue weighted by Crippen LogP contribution is -2.33. The number of fused-ring (bicyclic) bond motifs is 1. The average Bonchev–Trinajstić information content (AvgIpc) is 3.54. The molecule has 1 aliphatic carbocycles. The maximum absolute atomic E-state index is 12.7. The molecule has 0 atom stereocenters. The second-order valence-electron chi connectivity index (χ2n) is 8.87. The molecule has 180 valence electrons. The van der Waals surface area contributed by atoms with Crippen LogP contribution in [0.5, 0.6) is 17.2 Å². The van der Waals surface area contributed by atoms with Gasteiger partial charge in [0.2, 0.25) is 5.75 Å². The van der Waals surface area contributed by atoms with E-state index in [4.69, 9.17) is 28.4 Å². The van der Waals surface area contributed by atoms with Crippen LogP contribution in [0.2, 0.25) is 0 Å². The van der Waals surface area contributed by atoms with Crippen molar-refractivity contribution in [3.8, 4) is 28.4 Å². The molecule has 0 amide bonds. The summed E-state index contributed by atoms with van der Waals surface area (Å²) >= 11 is 0. The minimum atomic E-state index is -0.640. The highest BCUT2D eigenvalue weighted by Gasteiger charge is 2.49. The van der Waals surface area contributed by atoms with Crippen molar-refractivity contribution in [1.29, 1.82) is 0 Å². The Morgan fingerprint density at radius 3 is 2.47 bits per heavy atom. The molecule has 0 spiro atoms. The first-order valence-corrected chi connectivity index (χ1v) is 11.5. The molecule has 2 aliphatic heterocycles. The molecule has 2 heterocycles. The second kappa shape index (κ2) is 9.18. The molecular weight excluding hydrogens is 440 g/mol. The summed E-state index contributed by atoms with van der Waals surface area (Å²) in [7, 11) is 3.11. The summed E-state index contributed by atoms with van der Waals surface area (Å²) in [6.45, 7) is 1.57. The van der Waals surface area contributed by atoms with E-state index in [0.29, 0.717) is 48.9 Å². The van der Waals surface area contributed by atoms with Gasteiger partial charge < -0.3 is 28.4 Å². The quantitative estimate of drug-likeness (QED) is 0.539. The van der Waals surface area contributed by atoms with Gasteiger partial charge in [-0.2, -0.15) is 0 Å². The van der Waals surface area contributed by atoms with E-state index in [1.54, 1.807) is 26.4 Å². The second-order valence-corrected chi connectivity index (χ2v) is 8.87. The molecule has 0 unspecified atom stereocenters. The summed E-state index contributed by atoms with van der Waals surface area (Å²) in [6, 6.07) is 9.18. The molecule has 3 aliphatic rings. The minimum Gasteiger partial charge on any atom is -0.493 e. The smallest absolute Gasteiger partial charge is 0.338 e. The summed E-state index contributed by atoms with van der Waals surface area (Å²) in [5.41, 5.74) is 2.28. The van der Waals surface area contributed by atoms with Gasteiger partial charge in [-0.05, 0) is 49.4 Å². The van der Waals surface area contributed by atoms with Crippen molar-refractivity contribution in [1.82, 2.24) is 0 Å². The van der Waals surface area contributed by atoms with Crippen LogP contribution in [0.25, 0.3) is 11.1 Å². The number of hydrogen-bond acceptors (Lipinski definition) is 8. The number of carbonyl (C=O) groups is 2. The zero-order valence-electron chi connectivity index (χ0n) is 19.4. The van der Waals surface area contributed by atoms with Crippen molar-refractivity contribution in [2.75, 3.05) is 34.0 Å². The van der Waals surface area contributed by atoms with Crippen LogP contribution in [0.4, 0.5) is 0 Å². The molecule has 34 heavy (non-hydrogen) atoms. The molecule has 8 nitrogen and oxygen atoms in total. The Kier molecular flexibility index (Phi) is 6.08. The van der Waals surface area contributed by atoms with Crippen LogP contribution in [0.1, 0.15) is 41.6 Å². The van der Waals surface area contributed by atoms with E-state index in [0.717, 1.165) is 29.5 Å². The van der Waals surface area contributed by atoms with E-state index < -0.39 is 5.60 Å². The lowest BCUT2D eigenvalue weighted by atomic mass is 9.95. The summed E-state index contributed by atoms with van der Waals surface area (Å²) in [4.78, 5) is 24.8. The van der Waals surface area contributed by atoms with Crippen LogP contribution in [-0.2, 0) is 25.6 Å². The Bertz CT molecular complexity index is 1100. The van der Waals surface area contributed by atoms with Gasteiger partial charge in [-0.25, -0.2) is 4.79 Å². The molecule has 0 radical (unpaired) electrons. The summed E-state index contributed by atoms with van der Waals surface area (Å²) in [5, 5.41) is 0. The predicted octanol–water partition coefficient (Wildman–Crippen LogP) is 3.92. The van der Waals surface area contributed by atoms with E-state index >= 15 is 0 Å². The standard InChI is InChI=1S/C26H28O8/c1-29-21-7-6-18(17-4-3-5-19-20(17)14-32-25(19)28)22(23(21)30-2)33-15-26(10-11-26)34-24(27)16-8-12-31-13-9-16/h3-7,16H,8-15H2,1-2H3. The van der Waals surface area contributed by atoms with Gasteiger partial charge in [-0.15, -0.1) is 0 Å². The first-order valence-electron chi connectivity index (χ1n) is 11.5. The van der Waals surface area contributed by atoms with Crippen LogP contribution in [0, 0.1) is 5.92 Å². The van der Waals surface area contributed by atoms with Gasteiger partial charge in [-0.3, -0.25) is 4.79 Å². The van der Waals surface area contributed by atoms with E-state index in [9.17, 15) is 9.59 Å². The highest BCUT2D eigenvalue weighted by Crippen LogP contribution is 2.48. The summed E-state index contributed by atoms with van der Waals surface area (Å²) in [6.07, 6.45) is 2.85. The van der Waals surface area contributed by atoms with Crippen molar-refractivity contribution < 1.29 is 38.0 Å². The lowest BCUT2D eigenvalue weighted by molar-refractivity contribution is -0.161. The largest absolute Gasteiger partial charge is 0.493 e. The number of cyclic esters (lactones) is 1. The molecule has 1 saturated carbocycles. The van der Waals surface area contributed by atoms with Crippen LogP contribution in [0.3, 0.4) is 0 Å². The Hall–Kier alpha value is -3.26. The maximum atomic E-state index is 12.7. The third kappa shape index (κ3) is 4.18. The van der Waals surface area contributed by atoms with Crippen molar-refractivity contribution in [3.05, 3.63) is 41.5 Å². The SMILES string of the molecule is COc1ccc(-c2cccc3c2COC3=O)c(OCC2(OC(=O)C3CCOCC3)CC2)c1OC. The number of benzene rings is 2. The summed E-state index contributed by atoms with van der Waals surface area (Å²) < 4.78 is 34.0. The topological polar surface area (TPSA) is 89.5 Å². The number of hydrogen-bond donors (Lipinski definition) is 0. The Balaban J connectivity index is 1.43. The van der Waals surface area contributed by atoms with Gasteiger partial charge >= 0.3 is 11.9 Å². The molecule has 0 N–H and O–H groups in total. The van der Waals surface area contributed by atoms with E-state index in [2.05, 4.69) is 0 Å². The Morgan fingerprint density at radius 2 is 1.76 bits per heavy atom. The highest BCUT2D eigenvalue weighted by atomic mass is 16.6. The fourth-order valence-corrected chi connectivity index (χ4v) is 4.50. The molecule has 2 fully saturated rings. The molecule has 2 aromatic rings. The van der Waals surface area contributed by atoms with Crippen LogP contribution < -0.4 is 14.2 Å². The van der Waals surface area contributed by atoms with E-state index in [1.165, 1.54) is 0 Å². The third-order valence-electron chi connectivity index (χ3n) is 6.69. The summed E-state index contributed by atoms with van der Waals surface area (Å²) in [5.74, 6) is 0.788. The number of ether oxygens (including phenoxy) is 6. The van der Waals surface area contributed by atoms with Gasteiger partial charge in [0.1, 0.15) is 18.8 Å². The predicted molar refractivity (Wildman–Crippen MR) is 121 cm³/mol. The maximum Gasteiger partial charge on any atom is 0.338 e. The number of rotatable bonds is 8. The van der Waals surface area contributed by atoms with Crippen LogP contribution in [-0.4, -0.2) is 51.6 Å². The average molecular weight is 469 g/mol. The fraction of sp³-hybridized carbons (Fsp3) is 0.462. The molecule has 5 rings (SSSR count). The van der Waals surface area contributed by atoms with E-state index in [-0.39, 0.29) is 31.1 Å². The molecule has 2 aromatic carbocycles. The first-order chi connectivity index (χ1) is 16.5. The van der Waals surface area contributed by atoms with Crippen molar-refractivity contribution in [2.24, 2.45) is 5.92 Å². The number of esters is 2. The van der Waals surface area contributed by atoms with E-state index in [1.807, 2.05) is 18.2 Å². The van der Waals surface area contributed by atoms with Gasteiger partial charge in [0.05, 0.1) is 25.7 Å². The molecule has 0 bridgehead atoms. The van der Waals surface area contributed by atoms with Gasteiger partial charge in [0, 0.05) is 24.3 Å². The third-order valence-corrected chi connectivity index (χ3v) is 6.69. The fourth-order valence-electron chi connectivity index (χ4n) is 4.50. The molecule has 8 heteroatoms. The lowest BCUT2D eigenvalue weighted by Gasteiger charge is -2.25. The molecule has 0 aromatic heterocycles. The van der Waals surface area contributed by atoms with Gasteiger partial charge in [0.25, 0.3) is 0 Å². The van der Waals surface area contributed by atoms with Crippen LogP contribution >= 0.6 is 0 Å². The Morgan fingerprint density at radius 1 is 1.00 bits per heavy atom. The first kappa shape index (κ1) is 22.5. The monoisotopic (exact) mass is 468 g/mol. The zero-order valence-corrected chi connectivity index (χ0v) is 19.4. The van der Waals surface area contributed by atoms with Gasteiger partial charge in [-0.1, -0.05) is 12.1 Å². The number of carbonyl (C=O) groups excluding carboxylic acids is 2. The number of methoxy groups -OCH3 is 2. The molecule has 1 saturated heterocycles.